The lowest BCUT2D eigenvalue weighted by Gasteiger charge is -2.08. The second kappa shape index (κ2) is 5.75. The molecule has 0 saturated carbocycles. The summed E-state index contributed by atoms with van der Waals surface area (Å²) in [7, 11) is 1.58. The number of carbonyl (C=O) groups is 1. The van der Waals surface area contributed by atoms with Crippen LogP contribution in [0.15, 0.2) is 46.9 Å². The highest BCUT2D eigenvalue weighted by Gasteiger charge is 2.08. The zero-order valence-corrected chi connectivity index (χ0v) is 11.9. The van der Waals surface area contributed by atoms with Crippen molar-refractivity contribution in [3.05, 3.63) is 52.5 Å². The fourth-order valence-electron chi connectivity index (χ4n) is 1.58. The maximum absolute atomic E-state index is 12.1. The van der Waals surface area contributed by atoms with Gasteiger partial charge in [-0.2, -0.15) is 0 Å². The SMILES string of the molecule is COc1ccc(C(=O)Nc2cc(N)ccc2Br)cc1. The van der Waals surface area contributed by atoms with Crippen LogP contribution in [0.3, 0.4) is 0 Å². The van der Waals surface area contributed by atoms with E-state index in [9.17, 15) is 4.79 Å². The first-order valence-electron chi connectivity index (χ1n) is 5.60. The summed E-state index contributed by atoms with van der Waals surface area (Å²) < 4.78 is 5.83. The lowest BCUT2D eigenvalue weighted by molar-refractivity contribution is 0.102. The molecule has 4 nitrogen and oxygen atoms in total. The monoisotopic (exact) mass is 320 g/mol. The quantitative estimate of drug-likeness (QED) is 0.853. The molecule has 3 N–H and O–H groups in total. The zero-order valence-electron chi connectivity index (χ0n) is 10.3. The minimum atomic E-state index is -0.200. The smallest absolute Gasteiger partial charge is 0.255 e. The molecule has 5 heteroatoms. The van der Waals surface area contributed by atoms with Crippen molar-refractivity contribution in [3.63, 3.8) is 0 Å². The van der Waals surface area contributed by atoms with E-state index in [2.05, 4.69) is 21.2 Å². The number of hydrogen-bond acceptors (Lipinski definition) is 3. The summed E-state index contributed by atoms with van der Waals surface area (Å²) in [4.78, 5) is 12.1. The maximum atomic E-state index is 12.1. The van der Waals surface area contributed by atoms with Crippen molar-refractivity contribution >= 4 is 33.2 Å². The van der Waals surface area contributed by atoms with Gasteiger partial charge in [-0.15, -0.1) is 0 Å². The van der Waals surface area contributed by atoms with Crippen LogP contribution in [0.4, 0.5) is 11.4 Å². The third kappa shape index (κ3) is 3.26. The molecule has 2 aromatic rings. The van der Waals surface area contributed by atoms with Crippen LogP contribution in [0.5, 0.6) is 5.75 Å². The Morgan fingerprint density at radius 1 is 1.21 bits per heavy atom. The number of amides is 1. The molecule has 0 spiro atoms. The van der Waals surface area contributed by atoms with E-state index in [-0.39, 0.29) is 5.91 Å². The Morgan fingerprint density at radius 3 is 2.53 bits per heavy atom. The number of hydrogen-bond donors (Lipinski definition) is 2. The molecule has 0 heterocycles. The topological polar surface area (TPSA) is 64.3 Å². The molecule has 0 atom stereocenters. The summed E-state index contributed by atoms with van der Waals surface area (Å²) in [5, 5.41) is 2.80. The molecule has 1 amide bonds. The molecular weight excluding hydrogens is 308 g/mol. The van der Waals surface area contributed by atoms with Crippen molar-refractivity contribution in [1.82, 2.24) is 0 Å². The van der Waals surface area contributed by atoms with Gasteiger partial charge >= 0.3 is 0 Å². The van der Waals surface area contributed by atoms with Gasteiger partial charge < -0.3 is 15.8 Å². The molecule has 19 heavy (non-hydrogen) atoms. The number of rotatable bonds is 3. The Labute approximate surface area is 119 Å². The summed E-state index contributed by atoms with van der Waals surface area (Å²) in [6, 6.07) is 12.1. The Kier molecular flexibility index (Phi) is 4.06. The van der Waals surface area contributed by atoms with Crippen molar-refractivity contribution in [2.45, 2.75) is 0 Å². The molecule has 2 rings (SSSR count). The van der Waals surface area contributed by atoms with Gasteiger partial charge in [-0.05, 0) is 58.4 Å². The zero-order chi connectivity index (χ0) is 13.8. The van der Waals surface area contributed by atoms with Crippen molar-refractivity contribution in [1.29, 1.82) is 0 Å². The minimum Gasteiger partial charge on any atom is -0.497 e. The Bertz CT molecular complexity index is 597. The van der Waals surface area contributed by atoms with E-state index in [0.29, 0.717) is 22.7 Å². The predicted molar refractivity (Wildman–Crippen MR) is 79.5 cm³/mol. The molecule has 0 aliphatic carbocycles. The van der Waals surface area contributed by atoms with E-state index >= 15 is 0 Å². The van der Waals surface area contributed by atoms with Gasteiger partial charge in [0.05, 0.1) is 12.8 Å². The molecule has 98 valence electrons. The largest absolute Gasteiger partial charge is 0.497 e. The number of methoxy groups -OCH3 is 1. The van der Waals surface area contributed by atoms with Crippen LogP contribution >= 0.6 is 15.9 Å². The molecule has 0 aromatic heterocycles. The van der Waals surface area contributed by atoms with E-state index in [0.717, 1.165) is 4.47 Å². The van der Waals surface area contributed by atoms with Crippen LogP contribution < -0.4 is 15.8 Å². The van der Waals surface area contributed by atoms with Crippen LogP contribution in [0, 0.1) is 0 Å². The Morgan fingerprint density at radius 2 is 1.89 bits per heavy atom. The molecule has 0 radical (unpaired) electrons. The van der Waals surface area contributed by atoms with Gasteiger partial charge in [0.15, 0.2) is 0 Å². The average Bonchev–Trinajstić information content (AvgIpc) is 2.43. The highest BCUT2D eigenvalue weighted by Crippen LogP contribution is 2.25. The van der Waals surface area contributed by atoms with E-state index in [4.69, 9.17) is 10.5 Å². The molecule has 0 unspecified atom stereocenters. The first kappa shape index (κ1) is 13.4. The van der Waals surface area contributed by atoms with E-state index in [1.54, 1.807) is 49.6 Å². The fourth-order valence-corrected chi connectivity index (χ4v) is 1.92. The van der Waals surface area contributed by atoms with E-state index in [1.807, 2.05) is 0 Å². The van der Waals surface area contributed by atoms with Crippen molar-refractivity contribution in [3.8, 4) is 5.75 Å². The highest BCUT2D eigenvalue weighted by molar-refractivity contribution is 9.10. The van der Waals surface area contributed by atoms with Crippen LogP contribution in [0.2, 0.25) is 0 Å². The lowest BCUT2D eigenvalue weighted by atomic mass is 10.2. The third-order valence-corrected chi connectivity index (χ3v) is 3.28. The second-order valence-electron chi connectivity index (χ2n) is 3.92. The summed E-state index contributed by atoms with van der Waals surface area (Å²) in [5.41, 5.74) is 7.47. The number of nitrogen functional groups attached to an aromatic ring is 1. The van der Waals surface area contributed by atoms with Gasteiger partial charge in [-0.25, -0.2) is 0 Å². The predicted octanol–water partition coefficient (Wildman–Crippen LogP) is 3.29. The first-order chi connectivity index (χ1) is 9.10. The maximum Gasteiger partial charge on any atom is 0.255 e. The normalized spacial score (nSPS) is 10.0. The van der Waals surface area contributed by atoms with Crippen molar-refractivity contribution in [2.24, 2.45) is 0 Å². The number of nitrogens with two attached hydrogens (primary N) is 1. The molecule has 2 aromatic carbocycles. The van der Waals surface area contributed by atoms with Gasteiger partial charge in [-0.1, -0.05) is 0 Å². The third-order valence-electron chi connectivity index (χ3n) is 2.59. The van der Waals surface area contributed by atoms with E-state index in [1.165, 1.54) is 0 Å². The molecule has 0 bridgehead atoms. The molecular formula is C14H13BrN2O2. The second-order valence-corrected chi connectivity index (χ2v) is 4.78. The van der Waals surface area contributed by atoms with Crippen LogP contribution in [0.25, 0.3) is 0 Å². The summed E-state index contributed by atoms with van der Waals surface area (Å²) in [6.07, 6.45) is 0. The Hall–Kier alpha value is -2.01. The molecule has 0 aliphatic rings. The van der Waals surface area contributed by atoms with Gasteiger partial charge in [0, 0.05) is 15.7 Å². The average molecular weight is 321 g/mol. The summed E-state index contributed by atoms with van der Waals surface area (Å²) in [5.74, 6) is 0.510. The van der Waals surface area contributed by atoms with E-state index < -0.39 is 0 Å². The van der Waals surface area contributed by atoms with Crippen LogP contribution in [-0.2, 0) is 0 Å². The summed E-state index contributed by atoms with van der Waals surface area (Å²) >= 11 is 3.36. The standard InChI is InChI=1S/C14H13BrN2O2/c1-19-11-5-2-9(3-6-11)14(18)17-13-8-10(16)4-7-12(13)15/h2-8H,16H2,1H3,(H,17,18). The number of carbonyl (C=O) groups excluding carboxylic acids is 1. The molecule has 0 saturated heterocycles. The van der Waals surface area contributed by atoms with Crippen molar-refractivity contribution < 1.29 is 9.53 Å². The van der Waals surface area contributed by atoms with Gasteiger partial charge in [0.1, 0.15) is 5.75 Å². The number of ether oxygens (including phenoxy) is 1. The number of nitrogens with one attached hydrogen (secondary N) is 1. The van der Waals surface area contributed by atoms with Gasteiger partial charge in [-0.3, -0.25) is 4.79 Å². The Balaban J connectivity index is 2.18. The number of anilines is 2. The van der Waals surface area contributed by atoms with Gasteiger partial charge in [0.2, 0.25) is 0 Å². The first-order valence-corrected chi connectivity index (χ1v) is 6.40. The lowest BCUT2D eigenvalue weighted by Crippen LogP contribution is -2.12. The van der Waals surface area contributed by atoms with Gasteiger partial charge in [0.25, 0.3) is 5.91 Å². The van der Waals surface area contributed by atoms with Crippen LogP contribution in [0.1, 0.15) is 10.4 Å². The number of benzene rings is 2. The summed E-state index contributed by atoms with van der Waals surface area (Å²) in [6.45, 7) is 0. The number of halogens is 1. The molecule has 0 fully saturated rings. The molecule has 0 aliphatic heterocycles. The minimum absolute atomic E-state index is 0.200. The van der Waals surface area contributed by atoms with Crippen LogP contribution in [-0.4, -0.2) is 13.0 Å². The van der Waals surface area contributed by atoms with Crippen molar-refractivity contribution in [2.75, 3.05) is 18.2 Å². The fraction of sp³-hybridized carbons (Fsp3) is 0.0714. The highest BCUT2D eigenvalue weighted by atomic mass is 79.9.